The number of nitrogens with two attached hydrogens (primary N) is 1. The van der Waals surface area contributed by atoms with E-state index >= 15 is 0 Å². The summed E-state index contributed by atoms with van der Waals surface area (Å²) in [6.45, 7) is 1.96. The molecule has 0 saturated heterocycles. The maximum absolute atomic E-state index is 13.3. The Bertz CT molecular complexity index is 317. The van der Waals surface area contributed by atoms with Crippen molar-refractivity contribution in [1.29, 1.82) is 0 Å². The molecular formula is C11H16FNOS. The van der Waals surface area contributed by atoms with Gasteiger partial charge in [-0.1, -0.05) is 6.07 Å². The maximum atomic E-state index is 13.3. The molecule has 2 N–H and O–H groups in total. The Balaban J connectivity index is 2.52. The lowest BCUT2D eigenvalue weighted by Gasteiger charge is -2.06. The van der Waals surface area contributed by atoms with Crippen molar-refractivity contribution in [2.24, 2.45) is 5.73 Å². The lowest BCUT2D eigenvalue weighted by molar-refractivity contribution is 0.386. The lowest BCUT2D eigenvalue weighted by Crippen LogP contribution is -2.17. The van der Waals surface area contributed by atoms with Crippen LogP contribution in [0.1, 0.15) is 12.5 Å². The second-order valence-corrected chi connectivity index (χ2v) is 4.49. The molecule has 0 aliphatic heterocycles. The smallest absolute Gasteiger partial charge is 0.165 e. The average molecular weight is 229 g/mol. The van der Waals surface area contributed by atoms with E-state index in [1.165, 1.54) is 13.2 Å². The Morgan fingerprint density at radius 3 is 2.80 bits per heavy atom. The van der Waals surface area contributed by atoms with Gasteiger partial charge < -0.3 is 10.5 Å². The Morgan fingerprint density at radius 2 is 2.27 bits per heavy atom. The van der Waals surface area contributed by atoms with E-state index in [4.69, 9.17) is 10.5 Å². The molecular weight excluding hydrogens is 213 g/mol. The summed E-state index contributed by atoms with van der Waals surface area (Å²) in [5.41, 5.74) is 6.57. The number of hydrogen-bond donors (Lipinski definition) is 1. The van der Waals surface area contributed by atoms with Crippen molar-refractivity contribution in [3.05, 3.63) is 29.6 Å². The number of rotatable bonds is 5. The van der Waals surface area contributed by atoms with E-state index in [9.17, 15) is 4.39 Å². The zero-order chi connectivity index (χ0) is 11.3. The van der Waals surface area contributed by atoms with E-state index in [2.05, 4.69) is 0 Å². The standard InChI is InChI=1S/C11H16FNOS/c1-8(13)6-15-7-9-3-4-11(14-2)10(12)5-9/h3-5,8H,6-7,13H2,1-2H3. The van der Waals surface area contributed by atoms with Crippen molar-refractivity contribution < 1.29 is 9.13 Å². The van der Waals surface area contributed by atoms with E-state index < -0.39 is 0 Å². The van der Waals surface area contributed by atoms with Crippen LogP contribution in [0.3, 0.4) is 0 Å². The summed E-state index contributed by atoms with van der Waals surface area (Å²) in [6, 6.07) is 5.21. The molecule has 1 aromatic rings. The van der Waals surface area contributed by atoms with Crippen molar-refractivity contribution in [3.63, 3.8) is 0 Å². The van der Waals surface area contributed by atoms with E-state index in [0.717, 1.165) is 17.1 Å². The minimum atomic E-state index is -0.309. The first-order chi connectivity index (χ1) is 7.13. The monoisotopic (exact) mass is 229 g/mol. The van der Waals surface area contributed by atoms with Crippen molar-refractivity contribution >= 4 is 11.8 Å². The van der Waals surface area contributed by atoms with Crippen molar-refractivity contribution in [2.75, 3.05) is 12.9 Å². The minimum absolute atomic E-state index is 0.179. The number of ether oxygens (including phenoxy) is 1. The fourth-order valence-corrected chi connectivity index (χ4v) is 2.07. The molecule has 1 aromatic carbocycles. The van der Waals surface area contributed by atoms with Gasteiger partial charge in [-0.15, -0.1) is 0 Å². The van der Waals surface area contributed by atoms with E-state index in [0.29, 0.717) is 0 Å². The number of thioether (sulfide) groups is 1. The number of halogens is 1. The molecule has 1 rings (SSSR count). The maximum Gasteiger partial charge on any atom is 0.165 e. The molecule has 0 bridgehead atoms. The van der Waals surface area contributed by atoms with Crippen LogP contribution in [0, 0.1) is 5.82 Å². The molecule has 0 radical (unpaired) electrons. The molecule has 0 spiro atoms. The van der Waals surface area contributed by atoms with Gasteiger partial charge in [0.2, 0.25) is 0 Å². The molecule has 0 heterocycles. The highest BCUT2D eigenvalue weighted by Crippen LogP contribution is 2.20. The van der Waals surface area contributed by atoms with Crippen LogP contribution in [-0.4, -0.2) is 18.9 Å². The third-order valence-electron chi connectivity index (χ3n) is 1.87. The second-order valence-electron chi connectivity index (χ2n) is 3.46. The number of methoxy groups -OCH3 is 1. The van der Waals surface area contributed by atoms with Gasteiger partial charge in [0.25, 0.3) is 0 Å². The summed E-state index contributed by atoms with van der Waals surface area (Å²) >= 11 is 1.70. The zero-order valence-electron chi connectivity index (χ0n) is 9.00. The molecule has 4 heteroatoms. The summed E-state index contributed by atoms with van der Waals surface area (Å²) < 4.78 is 18.1. The number of benzene rings is 1. The van der Waals surface area contributed by atoms with Crippen molar-refractivity contribution in [3.8, 4) is 5.75 Å². The molecule has 0 aliphatic rings. The first-order valence-corrected chi connectivity index (χ1v) is 5.94. The largest absolute Gasteiger partial charge is 0.494 e. The molecule has 84 valence electrons. The third kappa shape index (κ3) is 4.10. The number of hydrogen-bond acceptors (Lipinski definition) is 3. The lowest BCUT2D eigenvalue weighted by atomic mass is 10.2. The predicted molar refractivity (Wildman–Crippen MR) is 62.8 cm³/mol. The van der Waals surface area contributed by atoms with Crippen LogP contribution >= 0.6 is 11.8 Å². The second kappa shape index (κ2) is 5.98. The Labute approximate surface area is 94.0 Å². The summed E-state index contributed by atoms with van der Waals surface area (Å²) in [5, 5.41) is 0. The normalized spacial score (nSPS) is 12.5. The Hall–Kier alpha value is -0.740. The zero-order valence-corrected chi connectivity index (χ0v) is 9.81. The van der Waals surface area contributed by atoms with Gasteiger partial charge in [-0.25, -0.2) is 4.39 Å². The van der Waals surface area contributed by atoms with Gasteiger partial charge in [0, 0.05) is 17.5 Å². The highest BCUT2D eigenvalue weighted by molar-refractivity contribution is 7.98. The van der Waals surface area contributed by atoms with Gasteiger partial charge in [-0.3, -0.25) is 0 Å². The molecule has 15 heavy (non-hydrogen) atoms. The van der Waals surface area contributed by atoms with Crippen LogP contribution in [0.2, 0.25) is 0 Å². The molecule has 0 aromatic heterocycles. The topological polar surface area (TPSA) is 35.2 Å². The molecule has 1 atom stereocenters. The Morgan fingerprint density at radius 1 is 1.53 bits per heavy atom. The highest BCUT2D eigenvalue weighted by atomic mass is 32.2. The summed E-state index contributed by atoms with van der Waals surface area (Å²) in [5.74, 6) is 1.64. The summed E-state index contributed by atoms with van der Waals surface area (Å²) in [7, 11) is 1.46. The van der Waals surface area contributed by atoms with Gasteiger partial charge in [-0.05, 0) is 24.6 Å². The van der Waals surface area contributed by atoms with Gasteiger partial charge in [0.15, 0.2) is 11.6 Å². The highest BCUT2D eigenvalue weighted by Gasteiger charge is 2.03. The van der Waals surface area contributed by atoms with E-state index in [-0.39, 0.29) is 17.6 Å². The molecule has 0 amide bonds. The molecule has 2 nitrogen and oxygen atoms in total. The fraction of sp³-hybridized carbons (Fsp3) is 0.455. The van der Waals surface area contributed by atoms with Crippen LogP contribution in [0.15, 0.2) is 18.2 Å². The van der Waals surface area contributed by atoms with Gasteiger partial charge in [0.1, 0.15) is 0 Å². The fourth-order valence-electron chi connectivity index (χ4n) is 1.16. The molecule has 0 aliphatic carbocycles. The summed E-state index contributed by atoms with van der Waals surface area (Å²) in [4.78, 5) is 0. The van der Waals surface area contributed by atoms with Crippen LogP contribution in [-0.2, 0) is 5.75 Å². The van der Waals surface area contributed by atoms with Gasteiger partial charge in [-0.2, -0.15) is 11.8 Å². The molecule has 0 saturated carbocycles. The molecule has 0 fully saturated rings. The van der Waals surface area contributed by atoms with E-state index in [1.807, 2.05) is 13.0 Å². The Kier molecular flexibility index (Phi) is 4.91. The molecule has 1 unspecified atom stereocenters. The predicted octanol–water partition coefficient (Wildman–Crippen LogP) is 2.41. The SMILES string of the molecule is COc1ccc(CSCC(C)N)cc1F. The van der Waals surface area contributed by atoms with Crippen LogP contribution in [0.4, 0.5) is 4.39 Å². The van der Waals surface area contributed by atoms with Gasteiger partial charge in [0.05, 0.1) is 7.11 Å². The van der Waals surface area contributed by atoms with Crippen LogP contribution in [0.25, 0.3) is 0 Å². The van der Waals surface area contributed by atoms with E-state index in [1.54, 1.807) is 17.8 Å². The van der Waals surface area contributed by atoms with Crippen LogP contribution in [0.5, 0.6) is 5.75 Å². The third-order valence-corrected chi connectivity index (χ3v) is 3.16. The first-order valence-electron chi connectivity index (χ1n) is 4.79. The van der Waals surface area contributed by atoms with Crippen LogP contribution < -0.4 is 10.5 Å². The van der Waals surface area contributed by atoms with Gasteiger partial charge >= 0.3 is 0 Å². The van der Waals surface area contributed by atoms with Crippen molar-refractivity contribution in [2.45, 2.75) is 18.7 Å². The van der Waals surface area contributed by atoms with Crippen molar-refractivity contribution in [1.82, 2.24) is 0 Å². The first kappa shape index (κ1) is 12.3. The summed E-state index contributed by atoms with van der Waals surface area (Å²) in [6.07, 6.45) is 0. The minimum Gasteiger partial charge on any atom is -0.494 e. The quantitative estimate of drug-likeness (QED) is 0.842. The average Bonchev–Trinajstić information content (AvgIpc) is 2.17.